The van der Waals surface area contributed by atoms with Crippen LogP contribution in [-0.2, 0) is 9.59 Å². The average molecular weight is 402 g/mol. The second-order valence-corrected chi connectivity index (χ2v) is 7.96. The standard InChI is InChI=1S/C20H17Cl2N3O2/c21-13-7-8-15(14(22)11-13)25-19(26)16-17(12-5-2-1-3-6-12)23-9-4-10-24(23)18(16)20(25)27/h1-3,5-8,11,16-18H,4,9-10H2/t16-,17-,18+/m0/s1. The summed E-state index contributed by atoms with van der Waals surface area (Å²) in [5, 5.41) is 5.04. The van der Waals surface area contributed by atoms with Crippen LogP contribution in [-0.4, -0.2) is 41.0 Å². The Labute approximate surface area is 167 Å². The van der Waals surface area contributed by atoms with Gasteiger partial charge in [0.05, 0.1) is 22.7 Å². The third-order valence-corrected chi connectivity index (χ3v) is 6.24. The summed E-state index contributed by atoms with van der Waals surface area (Å²) in [7, 11) is 0. The van der Waals surface area contributed by atoms with Crippen LogP contribution in [0.1, 0.15) is 18.0 Å². The summed E-state index contributed by atoms with van der Waals surface area (Å²) in [6.07, 6.45) is 0.982. The van der Waals surface area contributed by atoms with Gasteiger partial charge in [0.2, 0.25) is 5.91 Å². The zero-order valence-corrected chi connectivity index (χ0v) is 15.9. The molecule has 2 amide bonds. The summed E-state index contributed by atoms with van der Waals surface area (Å²) >= 11 is 12.3. The van der Waals surface area contributed by atoms with Crippen LogP contribution >= 0.6 is 23.2 Å². The summed E-state index contributed by atoms with van der Waals surface area (Å²) < 4.78 is 0. The van der Waals surface area contributed by atoms with Crippen molar-refractivity contribution in [2.75, 3.05) is 18.0 Å². The van der Waals surface area contributed by atoms with E-state index >= 15 is 0 Å². The fourth-order valence-electron chi connectivity index (χ4n) is 4.66. The number of benzene rings is 2. The lowest BCUT2D eigenvalue weighted by atomic mass is 9.90. The minimum atomic E-state index is -0.475. The van der Waals surface area contributed by atoms with Crippen molar-refractivity contribution >= 4 is 40.7 Å². The van der Waals surface area contributed by atoms with Crippen LogP contribution in [0.2, 0.25) is 10.0 Å². The summed E-state index contributed by atoms with van der Waals surface area (Å²) in [6, 6.07) is 14.2. The topological polar surface area (TPSA) is 43.9 Å². The van der Waals surface area contributed by atoms with Gasteiger partial charge in [0, 0.05) is 18.1 Å². The molecule has 0 aromatic heterocycles. The molecule has 0 N–H and O–H groups in total. The minimum absolute atomic E-state index is 0.133. The third kappa shape index (κ3) is 2.46. The zero-order valence-electron chi connectivity index (χ0n) is 14.4. The van der Waals surface area contributed by atoms with Crippen LogP contribution in [0.25, 0.3) is 0 Å². The van der Waals surface area contributed by atoms with Gasteiger partial charge < -0.3 is 0 Å². The van der Waals surface area contributed by atoms with E-state index in [1.165, 1.54) is 4.90 Å². The van der Waals surface area contributed by atoms with E-state index in [1.807, 2.05) is 30.3 Å². The molecule has 0 unspecified atom stereocenters. The van der Waals surface area contributed by atoms with E-state index in [1.54, 1.807) is 18.2 Å². The number of amides is 2. The molecule has 3 fully saturated rings. The molecule has 2 aromatic carbocycles. The van der Waals surface area contributed by atoms with Crippen molar-refractivity contribution in [3.8, 4) is 0 Å². The summed E-state index contributed by atoms with van der Waals surface area (Å²) in [6.45, 7) is 1.64. The van der Waals surface area contributed by atoms with Crippen molar-refractivity contribution in [3.05, 3.63) is 64.1 Å². The van der Waals surface area contributed by atoms with Crippen LogP contribution in [0.4, 0.5) is 5.69 Å². The SMILES string of the molecule is O=C1[C@@H]2[C@H](C(=O)N1c1ccc(Cl)cc1Cl)N1CCCN1[C@H]2c1ccccc1. The fraction of sp³-hybridized carbons (Fsp3) is 0.300. The van der Waals surface area contributed by atoms with Gasteiger partial charge in [0.1, 0.15) is 6.04 Å². The average Bonchev–Trinajstić information content (AvgIpc) is 3.29. The number of imide groups is 1. The van der Waals surface area contributed by atoms with Crippen LogP contribution in [0.15, 0.2) is 48.5 Å². The summed E-state index contributed by atoms with van der Waals surface area (Å²) in [5.74, 6) is -0.844. The molecule has 0 spiro atoms. The van der Waals surface area contributed by atoms with Gasteiger partial charge >= 0.3 is 0 Å². The molecule has 0 radical (unpaired) electrons. The number of hydrogen-bond acceptors (Lipinski definition) is 4. The second-order valence-electron chi connectivity index (χ2n) is 7.11. The number of hydrazine groups is 1. The van der Waals surface area contributed by atoms with Crippen molar-refractivity contribution < 1.29 is 9.59 Å². The highest BCUT2D eigenvalue weighted by molar-refractivity contribution is 6.38. The van der Waals surface area contributed by atoms with Gasteiger partial charge in [0.15, 0.2) is 0 Å². The lowest BCUT2D eigenvalue weighted by Crippen LogP contribution is -2.44. The highest BCUT2D eigenvalue weighted by Gasteiger charge is 2.63. The molecule has 5 rings (SSSR count). The van der Waals surface area contributed by atoms with Crippen LogP contribution in [0.3, 0.4) is 0 Å². The lowest BCUT2D eigenvalue weighted by molar-refractivity contribution is -0.126. The molecule has 5 nitrogen and oxygen atoms in total. The fourth-order valence-corrected chi connectivity index (χ4v) is 5.16. The van der Waals surface area contributed by atoms with Gasteiger partial charge in [-0.1, -0.05) is 53.5 Å². The number of halogens is 2. The Kier molecular flexibility index (Phi) is 4.02. The Morgan fingerprint density at radius 2 is 1.56 bits per heavy atom. The predicted octanol–water partition coefficient (Wildman–Crippen LogP) is 3.53. The van der Waals surface area contributed by atoms with Gasteiger partial charge in [-0.2, -0.15) is 0 Å². The van der Waals surface area contributed by atoms with E-state index < -0.39 is 12.0 Å². The highest BCUT2D eigenvalue weighted by Crippen LogP contribution is 2.49. The summed E-state index contributed by atoms with van der Waals surface area (Å²) in [5.41, 5.74) is 1.46. The summed E-state index contributed by atoms with van der Waals surface area (Å²) in [4.78, 5) is 28.0. The molecular weight excluding hydrogens is 385 g/mol. The molecule has 3 aliphatic rings. The van der Waals surface area contributed by atoms with Crippen LogP contribution < -0.4 is 4.90 Å². The lowest BCUT2D eigenvalue weighted by Gasteiger charge is -2.30. The number of nitrogens with zero attached hydrogens (tertiary/aromatic N) is 3. The molecule has 0 aliphatic carbocycles. The van der Waals surface area contributed by atoms with Crippen LogP contribution in [0.5, 0.6) is 0 Å². The quantitative estimate of drug-likeness (QED) is 0.721. The molecule has 138 valence electrons. The highest BCUT2D eigenvalue weighted by atomic mass is 35.5. The van der Waals surface area contributed by atoms with Crippen LogP contribution in [0, 0.1) is 5.92 Å². The maximum Gasteiger partial charge on any atom is 0.253 e. The van der Waals surface area contributed by atoms with Gasteiger partial charge in [-0.15, -0.1) is 0 Å². The Balaban J connectivity index is 1.60. The Morgan fingerprint density at radius 3 is 2.26 bits per heavy atom. The molecule has 3 heterocycles. The maximum atomic E-state index is 13.4. The van der Waals surface area contributed by atoms with Crippen molar-refractivity contribution in [3.63, 3.8) is 0 Å². The predicted molar refractivity (Wildman–Crippen MR) is 103 cm³/mol. The molecule has 27 heavy (non-hydrogen) atoms. The Bertz CT molecular complexity index is 936. The monoisotopic (exact) mass is 401 g/mol. The molecule has 0 bridgehead atoms. The van der Waals surface area contributed by atoms with E-state index in [9.17, 15) is 9.59 Å². The van der Waals surface area contributed by atoms with Gasteiger partial charge in [-0.3, -0.25) is 9.59 Å². The molecule has 3 atom stereocenters. The number of carbonyl (C=O) groups excluding carboxylic acids is 2. The number of fused-ring (bicyclic) bond motifs is 3. The smallest absolute Gasteiger partial charge is 0.253 e. The normalized spacial score (nSPS) is 28.1. The van der Waals surface area contributed by atoms with E-state index in [0.717, 1.165) is 25.1 Å². The van der Waals surface area contributed by atoms with Crippen molar-refractivity contribution in [1.29, 1.82) is 0 Å². The first-order chi connectivity index (χ1) is 13.1. The van der Waals surface area contributed by atoms with Crippen molar-refractivity contribution in [1.82, 2.24) is 10.0 Å². The van der Waals surface area contributed by atoms with Gasteiger partial charge in [0.25, 0.3) is 5.91 Å². The minimum Gasteiger partial charge on any atom is -0.274 e. The largest absolute Gasteiger partial charge is 0.274 e. The molecule has 3 aliphatic heterocycles. The number of anilines is 1. The molecule has 3 saturated heterocycles. The first kappa shape index (κ1) is 17.2. The second kappa shape index (κ2) is 6.31. The van der Waals surface area contributed by atoms with E-state index in [2.05, 4.69) is 10.0 Å². The molecule has 2 aromatic rings. The van der Waals surface area contributed by atoms with Crippen molar-refractivity contribution in [2.24, 2.45) is 5.92 Å². The third-order valence-electron chi connectivity index (χ3n) is 5.70. The molecule has 0 saturated carbocycles. The van der Waals surface area contributed by atoms with Crippen molar-refractivity contribution in [2.45, 2.75) is 18.5 Å². The first-order valence-corrected chi connectivity index (χ1v) is 9.74. The zero-order chi connectivity index (χ0) is 18.7. The number of carbonyl (C=O) groups is 2. The van der Waals surface area contributed by atoms with Gasteiger partial charge in [-0.25, -0.2) is 14.9 Å². The molecule has 7 heteroatoms. The van der Waals surface area contributed by atoms with Gasteiger partial charge in [-0.05, 0) is 30.2 Å². The van der Waals surface area contributed by atoms with E-state index in [-0.39, 0.29) is 17.9 Å². The number of rotatable bonds is 2. The van der Waals surface area contributed by atoms with E-state index in [0.29, 0.717) is 15.7 Å². The Morgan fingerprint density at radius 1 is 0.852 bits per heavy atom. The van der Waals surface area contributed by atoms with E-state index in [4.69, 9.17) is 23.2 Å². The Hall–Kier alpha value is -1.92. The number of hydrogen-bond donors (Lipinski definition) is 0. The first-order valence-electron chi connectivity index (χ1n) is 8.99. The molecular formula is C20H17Cl2N3O2. The maximum absolute atomic E-state index is 13.4.